The average Bonchev–Trinajstić information content (AvgIpc) is 2.34. The zero-order chi connectivity index (χ0) is 13.6. The summed E-state index contributed by atoms with van der Waals surface area (Å²) >= 11 is 0. The molecule has 1 aliphatic rings. The van der Waals surface area contributed by atoms with Crippen molar-refractivity contribution in [3.63, 3.8) is 0 Å². The SMILES string of the molecule is COC1Cc2cc3ccc(=O)oc3cc2OC1(C)C. The van der Waals surface area contributed by atoms with E-state index in [2.05, 4.69) is 0 Å². The summed E-state index contributed by atoms with van der Waals surface area (Å²) in [6.45, 7) is 3.99. The van der Waals surface area contributed by atoms with Gasteiger partial charge in [-0.15, -0.1) is 0 Å². The van der Waals surface area contributed by atoms with Crippen molar-refractivity contribution in [3.05, 3.63) is 40.2 Å². The molecule has 4 nitrogen and oxygen atoms in total. The fraction of sp³-hybridized carbons (Fsp3) is 0.400. The van der Waals surface area contributed by atoms with E-state index in [1.165, 1.54) is 6.07 Å². The summed E-state index contributed by atoms with van der Waals surface area (Å²) < 4.78 is 16.7. The summed E-state index contributed by atoms with van der Waals surface area (Å²) in [6.07, 6.45) is 0.793. The van der Waals surface area contributed by atoms with E-state index in [1.54, 1.807) is 19.2 Å². The first kappa shape index (κ1) is 12.2. The van der Waals surface area contributed by atoms with Gasteiger partial charge in [0.1, 0.15) is 23.0 Å². The molecule has 0 fully saturated rings. The van der Waals surface area contributed by atoms with Crippen molar-refractivity contribution < 1.29 is 13.9 Å². The van der Waals surface area contributed by atoms with Crippen LogP contribution >= 0.6 is 0 Å². The van der Waals surface area contributed by atoms with E-state index in [4.69, 9.17) is 13.9 Å². The number of benzene rings is 1. The second-order valence-electron chi connectivity index (χ2n) is 5.39. The van der Waals surface area contributed by atoms with E-state index >= 15 is 0 Å². The molecule has 2 aromatic rings. The molecule has 0 bridgehead atoms. The van der Waals surface area contributed by atoms with Gasteiger partial charge in [-0.1, -0.05) is 0 Å². The van der Waals surface area contributed by atoms with E-state index in [-0.39, 0.29) is 11.7 Å². The number of ether oxygens (including phenoxy) is 2. The molecule has 1 aromatic carbocycles. The molecule has 3 rings (SSSR count). The summed E-state index contributed by atoms with van der Waals surface area (Å²) in [6, 6.07) is 6.98. The van der Waals surface area contributed by atoms with Crippen LogP contribution in [0.4, 0.5) is 0 Å². The van der Waals surface area contributed by atoms with Crippen LogP contribution in [-0.2, 0) is 11.2 Å². The van der Waals surface area contributed by atoms with Crippen LogP contribution in [0.3, 0.4) is 0 Å². The molecule has 0 amide bonds. The minimum absolute atomic E-state index is 0.00757. The quantitative estimate of drug-likeness (QED) is 0.739. The molecule has 0 aliphatic carbocycles. The smallest absolute Gasteiger partial charge is 0.336 e. The van der Waals surface area contributed by atoms with Crippen LogP contribution in [0.25, 0.3) is 11.0 Å². The van der Waals surface area contributed by atoms with Crippen molar-refractivity contribution in [1.29, 1.82) is 0 Å². The third-order valence-electron chi connectivity index (χ3n) is 3.64. The van der Waals surface area contributed by atoms with Crippen molar-refractivity contribution in [2.75, 3.05) is 7.11 Å². The average molecular weight is 260 g/mol. The van der Waals surface area contributed by atoms with Crippen molar-refractivity contribution >= 4 is 11.0 Å². The Labute approximate surface area is 110 Å². The van der Waals surface area contributed by atoms with E-state index in [0.29, 0.717) is 5.58 Å². The number of rotatable bonds is 1. The zero-order valence-electron chi connectivity index (χ0n) is 11.2. The molecule has 1 atom stereocenters. The maximum Gasteiger partial charge on any atom is 0.336 e. The third kappa shape index (κ3) is 2.02. The summed E-state index contributed by atoms with van der Waals surface area (Å²) in [5.41, 5.74) is 0.882. The fourth-order valence-corrected chi connectivity index (χ4v) is 2.56. The van der Waals surface area contributed by atoms with Crippen LogP contribution < -0.4 is 10.4 Å². The van der Waals surface area contributed by atoms with Gasteiger partial charge in [0.2, 0.25) is 0 Å². The van der Waals surface area contributed by atoms with Gasteiger partial charge in [-0.2, -0.15) is 0 Å². The standard InChI is InChI=1S/C15H16O4/c1-15(2)13(17-3)7-10-6-9-4-5-14(16)18-11(9)8-12(10)19-15/h4-6,8,13H,7H2,1-3H3. The van der Waals surface area contributed by atoms with E-state index in [0.717, 1.165) is 23.1 Å². The van der Waals surface area contributed by atoms with Gasteiger partial charge in [0.15, 0.2) is 0 Å². The lowest BCUT2D eigenvalue weighted by molar-refractivity contribution is -0.0641. The third-order valence-corrected chi connectivity index (χ3v) is 3.64. The van der Waals surface area contributed by atoms with Crippen LogP contribution in [0.1, 0.15) is 19.4 Å². The number of fused-ring (bicyclic) bond motifs is 2. The molecule has 0 spiro atoms. The second kappa shape index (κ2) is 4.10. The molecule has 0 N–H and O–H groups in total. The predicted molar refractivity (Wildman–Crippen MR) is 71.7 cm³/mol. The highest BCUT2D eigenvalue weighted by Crippen LogP contribution is 2.36. The topological polar surface area (TPSA) is 48.7 Å². The Bertz CT molecular complexity index is 684. The zero-order valence-corrected chi connectivity index (χ0v) is 11.2. The van der Waals surface area contributed by atoms with Gasteiger partial charge in [0.25, 0.3) is 0 Å². The molecular formula is C15H16O4. The van der Waals surface area contributed by atoms with E-state index < -0.39 is 5.60 Å². The highest BCUT2D eigenvalue weighted by Gasteiger charge is 2.37. The van der Waals surface area contributed by atoms with Gasteiger partial charge in [-0.25, -0.2) is 4.79 Å². The second-order valence-corrected chi connectivity index (χ2v) is 5.39. The monoisotopic (exact) mass is 260 g/mol. The first-order valence-electron chi connectivity index (χ1n) is 6.28. The van der Waals surface area contributed by atoms with Crippen LogP contribution in [0, 0.1) is 0 Å². The molecule has 1 aliphatic heterocycles. The van der Waals surface area contributed by atoms with E-state index in [1.807, 2.05) is 19.9 Å². The maximum absolute atomic E-state index is 11.2. The molecule has 0 saturated carbocycles. The molecular weight excluding hydrogens is 244 g/mol. The molecule has 100 valence electrons. The predicted octanol–water partition coefficient (Wildman–Crippen LogP) is 2.52. The highest BCUT2D eigenvalue weighted by atomic mass is 16.5. The lowest BCUT2D eigenvalue weighted by Gasteiger charge is -2.39. The Kier molecular flexibility index (Phi) is 2.64. The molecule has 1 aromatic heterocycles. The first-order valence-corrected chi connectivity index (χ1v) is 6.28. The van der Waals surface area contributed by atoms with Crippen LogP contribution in [-0.4, -0.2) is 18.8 Å². The lowest BCUT2D eigenvalue weighted by Crippen LogP contribution is -2.47. The van der Waals surface area contributed by atoms with Crippen molar-refractivity contribution in [2.24, 2.45) is 0 Å². The summed E-state index contributed by atoms with van der Waals surface area (Å²) in [5, 5.41) is 0.900. The Morgan fingerprint density at radius 2 is 2.11 bits per heavy atom. The minimum Gasteiger partial charge on any atom is -0.485 e. The van der Waals surface area contributed by atoms with Gasteiger partial charge in [-0.05, 0) is 31.5 Å². The molecule has 4 heteroatoms. The Hall–Kier alpha value is -1.81. The van der Waals surface area contributed by atoms with Crippen molar-refractivity contribution in [2.45, 2.75) is 32.0 Å². The maximum atomic E-state index is 11.2. The Balaban J connectivity index is 2.16. The fourth-order valence-electron chi connectivity index (χ4n) is 2.56. The van der Waals surface area contributed by atoms with Crippen molar-refractivity contribution in [1.82, 2.24) is 0 Å². The van der Waals surface area contributed by atoms with Crippen LogP contribution in [0.15, 0.2) is 33.5 Å². The molecule has 0 saturated heterocycles. The van der Waals surface area contributed by atoms with E-state index in [9.17, 15) is 4.79 Å². The summed E-state index contributed by atoms with van der Waals surface area (Å²) in [5.74, 6) is 0.764. The molecule has 1 unspecified atom stereocenters. The van der Waals surface area contributed by atoms with Gasteiger partial charge in [-0.3, -0.25) is 0 Å². The highest BCUT2D eigenvalue weighted by molar-refractivity contribution is 5.79. The Morgan fingerprint density at radius 3 is 2.84 bits per heavy atom. The summed E-state index contributed by atoms with van der Waals surface area (Å²) in [7, 11) is 1.70. The first-order chi connectivity index (χ1) is 8.99. The van der Waals surface area contributed by atoms with Crippen molar-refractivity contribution in [3.8, 4) is 5.75 Å². The molecule has 19 heavy (non-hydrogen) atoms. The van der Waals surface area contributed by atoms with Gasteiger partial charge in [0.05, 0.1) is 0 Å². The normalized spacial score (nSPS) is 20.9. The summed E-state index contributed by atoms with van der Waals surface area (Å²) in [4.78, 5) is 11.2. The number of methoxy groups -OCH3 is 1. The van der Waals surface area contributed by atoms with Gasteiger partial charge in [0, 0.05) is 31.0 Å². The minimum atomic E-state index is -0.398. The van der Waals surface area contributed by atoms with Gasteiger partial charge < -0.3 is 13.9 Å². The Morgan fingerprint density at radius 1 is 1.32 bits per heavy atom. The van der Waals surface area contributed by atoms with Gasteiger partial charge >= 0.3 is 5.63 Å². The number of hydrogen-bond donors (Lipinski definition) is 0. The largest absolute Gasteiger partial charge is 0.485 e. The molecule has 0 radical (unpaired) electrons. The lowest BCUT2D eigenvalue weighted by atomic mass is 9.90. The molecule has 2 heterocycles. The van der Waals surface area contributed by atoms with Crippen LogP contribution in [0.2, 0.25) is 0 Å². The number of hydrogen-bond acceptors (Lipinski definition) is 4. The van der Waals surface area contributed by atoms with Crippen LogP contribution in [0.5, 0.6) is 5.75 Å².